The number of rotatable bonds is 2. The summed E-state index contributed by atoms with van der Waals surface area (Å²) >= 11 is 0. The van der Waals surface area contributed by atoms with E-state index in [9.17, 15) is 0 Å². The second-order valence-electron chi connectivity index (χ2n) is 7.39. The van der Waals surface area contributed by atoms with Crippen molar-refractivity contribution in [3.8, 4) is 22.3 Å². The number of benzene rings is 4. The Morgan fingerprint density at radius 3 is 1.67 bits per heavy atom. The molecule has 0 spiro atoms. The third-order valence-corrected chi connectivity index (χ3v) is 5.66. The Kier molecular flexibility index (Phi) is 3.78. The van der Waals surface area contributed by atoms with Crippen LogP contribution in [0.3, 0.4) is 0 Å². The quantitative estimate of drug-likeness (QED) is 0.314. The molecule has 0 radical (unpaired) electrons. The normalized spacial score (nSPS) is 11.3. The van der Waals surface area contributed by atoms with E-state index < -0.39 is 0 Å². The molecule has 0 N–H and O–H groups in total. The van der Waals surface area contributed by atoms with Gasteiger partial charge in [0.05, 0.1) is 5.52 Å². The molecule has 4 aromatic carbocycles. The maximum absolute atomic E-state index is 4.73. The van der Waals surface area contributed by atoms with Gasteiger partial charge in [-0.1, -0.05) is 66.7 Å². The minimum Gasteiger partial charge on any atom is -0.256 e. The number of hydrogen-bond donors (Lipinski definition) is 0. The van der Waals surface area contributed by atoms with E-state index in [-0.39, 0.29) is 0 Å². The van der Waals surface area contributed by atoms with Crippen LogP contribution < -0.4 is 0 Å². The van der Waals surface area contributed by atoms with Crippen molar-refractivity contribution in [2.24, 2.45) is 0 Å². The van der Waals surface area contributed by atoms with Gasteiger partial charge in [0.2, 0.25) is 0 Å². The van der Waals surface area contributed by atoms with Gasteiger partial charge in [-0.05, 0) is 39.2 Å². The maximum Gasteiger partial charge on any atom is 0.115 e. The first-order chi connectivity index (χ1) is 14.9. The summed E-state index contributed by atoms with van der Waals surface area (Å²) in [5.74, 6) is 0. The van der Waals surface area contributed by atoms with Gasteiger partial charge in [-0.25, -0.2) is 9.97 Å². The summed E-state index contributed by atoms with van der Waals surface area (Å²) in [4.78, 5) is 13.3. The topological polar surface area (TPSA) is 38.7 Å². The first-order valence-electron chi connectivity index (χ1n) is 9.94. The van der Waals surface area contributed by atoms with Crippen LogP contribution in [0.25, 0.3) is 54.7 Å². The van der Waals surface area contributed by atoms with Gasteiger partial charge in [-0.15, -0.1) is 0 Å². The first kappa shape index (κ1) is 16.8. The second kappa shape index (κ2) is 6.75. The van der Waals surface area contributed by atoms with E-state index >= 15 is 0 Å². The van der Waals surface area contributed by atoms with E-state index in [2.05, 4.69) is 76.7 Å². The molecule has 0 bridgehead atoms. The van der Waals surface area contributed by atoms with Gasteiger partial charge >= 0.3 is 0 Å². The average molecular weight is 383 g/mol. The summed E-state index contributed by atoms with van der Waals surface area (Å²) in [6, 6.07) is 27.6. The van der Waals surface area contributed by atoms with Crippen molar-refractivity contribution in [1.29, 1.82) is 0 Å². The van der Waals surface area contributed by atoms with Crippen molar-refractivity contribution in [2.45, 2.75) is 0 Å². The number of aromatic nitrogens is 3. The van der Waals surface area contributed by atoms with E-state index in [0.717, 1.165) is 22.0 Å². The van der Waals surface area contributed by atoms with Gasteiger partial charge in [0.15, 0.2) is 0 Å². The average Bonchev–Trinajstić information content (AvgIpc) is 2.82. The summed E-state index contributed by atoms with van der Waals surface area (Å²) in [5.41, 5.74) is 5.53. The Hall–Kier alpha value is -4.11. The molecule has 0 fully saturated rings. The fourth-order valence-electron chi connectivity index (χ4n) is 4.39. The van der Waals surface area contributed by atoms with Crippen molar-refractivity contribution in [3.05, 3.63) is 104 Å². The van der Waals surface area contributed by atoms with Crippen LogP contribution >= 0.6 is 0 Å². The SMILES string of the molecule is c1ccc2ncc(-c3c4ccccc4c(-c4cncnc4)c4ccccc34)cc2c1. The molecule has 0 aliphatic rings. The highest BCUT2D eigenvalue weighted by atomic mass is 14.8. The van der Waals surface area contributed by atoms with Gasteiger partial charge in [0.25, 0.3) is 0 Å². The predicted octanol–water partition coefficient (Wildman–Crippen LogP) is 6.67. The van der Waals surface area contributed by atoms with E-state index in [1.165, 1.54) is 32.7 Å². The minimum atomic E-state index is 1.01. The Bertz CT molecular complexity index is 1480. The summed E-state index contributed by atoms with van der Waals surface area (Å²) < 4.78 is 0. The number of hydrogen-bond acceptors (Lipinski definition) is 3. The predicted molar refractivity (Wildman–Crippen MR) is 123 cm³/mol. The van der Waals surface area contributed by atoms with E-state index in [0.29, 0.717) is 0 Å². The Balaban J connectivity index is 1.79. The van der Waals surface area contributed by atoms with E-state index in [1.54, 1.807) is 6.33 Å². The van der Waals surface area contributed by atoms with E-state index in [1.807, 2.05) is 30.7 Å². The molecule has 0 unspecified atom stereocenters. The molecule has 2 heterocycles. The highest BCUT2D eigenvalue weighted by Crippen LogP contribution is 2.43. The van der Waals surface area contributed by atoms with Crippen molar-refractivity contribution >= 4 is 32.4 Å². The third-order valence-electron chi connectivity index (χ3n) is 5.66. The Morgan fingerprint density at radius 2 is 1.03 bits per heavy atom. The molecule has 6 rings (SSSR count). The lowest BCUT2D eigenvalue weighted by molar-refractivity contribution is 1.17. The van der Waals surface area contributed by atoms with E-state index in [4.69, 9.17) is 4.98 Å². The molecule has 3 heteroatoms. The van der Waals surface area contributed by atoms with Crippen LogP contribution in [0.4, 0.5) is 0 Å². The number of para-hydroxylation sites is 1. The molecule has 0 saturated carbocycles. The lowest BCUT2D eigenvalue weighted by Gasteiger charge is -2.17. The van der Waals surface area contributed by atoms with Crippen molar-refractivity contribution in [3.63, 3.8) is 0 Å². The van der Waals surface area contributed by atoms with Gasteiger partial charge < -0.3 is 0 Å². The highest BCUT2D eigenvalue weighted by molar-refractivity contribution is 6.21. The summed E-state index contributed by atoms with van der Waals surface area (Å²) in [6.45, 7) is 0. The molecule has 3 nitrogen and oxygen atoms in total. The van der Waals surface area contributed by atoms with Crippen LogP contribution in [0.5, 0.6) is 0 Å². The van der Waals surface area contributed by atoms with Gasteiger partial charge in [0, 0.05) is 40.7 Å². The summed E-state index contributed by atoms with van der Waals surface area (Å²) in [5, 5.41) is 5.92. The van der Waals surface area contributed by atoms with Gasteiger partial charge in [0.1, 0.15) is 6.33 Å². The molecule has 0 aliphatic heterocycles. The number of fused-ring (bicyclic) bond motifs is 3. The van der Waals surface area contributed by atoms with Crippen LogP contribution in [0, 0.1) is 0 Å². The molecule has 6 aromatic rings. The lowest BCUT2D eigenvalue weighted by Crippen LogP contribution is -1.92. The lowest BCUT2D eigenvalue weighted by atomic mass is 9.87. The molecule has 140 valence electrons. The molecule has 2 aromatic heterocycles. The van der Waals surface area contributed by atoms with Crippen molar-refractivity contribution in [1.82, 2.24) is 15.0 Å². The third kappa shape index (κ3) is 2.56. The fourth-order valence-corrected chi connectivity index (χ4v) is 4.39. The first-order valence-corrected chi connectivity index (χ1v) is 9.94. The smallest absolute Gasteiger partial charge is 0.115 e. The highest BCUT2D eigenvalue weighted by Gasteiger charge is 2.16. The van der Waals surface area contributed by atoms with Gasteiger partial charge in [-0.2, -0.15) is 0 Å². The van der Waals surface area contributed by atoms with Crippen molar-refractivity contribution < 1.29 is 0 Å². The molecule has 0 atom stereocenters. The zero-order chi connectivity index (χ0) is 19.9. The Morgan fingerprint density at radius 1 is 0.500 bits per heavy atom. The number of nitrogens with zero attached hydrogens (tertiary/aromatic N) is 3. The largest absolute Gasteiger partial charge is 0.256 e. The maximum atomic E-state index is 4.73. The van der Waals surface area contributed by atoms with Crippen LogP contribution in [-0.2, 0) is 0 Å². The summed E-state index contributed by atoms with van der Waals surface area (Å²) in [7, 11) is 0. The minimum absolute atomic E-state index is 1.01. The van der Waals surface area contributed by atoms with Gasteiger partial charge in [-0.3, -0.25) is 4.98 Å². The van der Waals surface area contributed by atoms with Crippen LogP contribution in [0.1, 0.15) is 0 Å². The molecular formula is C27H17N3. The standard InChI is InChI=1S/C27H17N3/c1-6-12-25-18(7-1)13-19(16-30-25)26-21-8-2-4-10-23(21)27(20-14-28-17-29-15-20)24-11-5-3-9-22(24)26/h1-17H. The van der Waals surface area contributed by atoms with Crippen LogP contribution in [0.15, 0.2) is 104 Å². The molecule has 0 aliphatic carbocycles. The number of pyridine rings is 1. The second-order valence-corrected chi connectivity index (χ2v) is 7.39. The molecule has 30 heavy (non-hydrogen) atoms. The Labute approximate surface area is 173 Å². The molecule has 0 saturated heterocycles. The summed E-state index contributed by atoms with van der Waals surface area (Å²) in [6.07, 6.45) is 7.34. The van der Waals surface area contributed by atoms with Crippen LogP contribution in [-0.4, -0.2) is 15.0 Å². The monoisotopic (exact) mass is 383 g/mol. The molecule has 0 amide bonds. The zero-order valence-electron chi connectivity index (χ0n) is 16.2. The van der Waals surface area contributed by atoms with Crippen molar-refractivity contribution in [2.75, 3.05) is 0 Å². The molecular weight excluding hydrogens is 366 g/mol. The van der Waals surface area contributed by atoms with Crippen LogP contribution in [0.2, 0.25) is 0 Å². The fraction of sp³-hybridized carbons (Fsp3) is 0. The zero-order valence-corrected chi connectivity index (χ0v) is 16.2.